The third-order valence-electron chi connectivity index (χ3n) is 1.70. The van der Waals surface area contributed by atoms with Crippen molar-refractivity contribution in [3.63, 3.8) is 0 Å². The molecule has 1 aromatic rings. The standard InChI is InChI=1S/C9H13BrN2O3/c1-3-4-15-9(13)8-7(10)6(5-14-2)11-12-8/h3-5H2,1-2H3,(H,11,12). The van der Waals surface area contributed by atoms with Crippen LogP contribution in [-0.2, 0) is 16.1 Å². The maximum absolute atomic E-state index is 11.5. The average molecular weight is 277 g/mol. The fraction of sp³-hybridized carbons (Fsp3) is 0.556. The minimum atomic E-state index is -0.404. The van der Waals surface area contributed by atoms with Gasteiger partial charge in [0.05, 0.1) is 17.7 Å². The summed E-state index contributed by atoms with van der Waals surface area (Å²) in [7, 11) is 1.57. The van der Waals surface area contributed by atoms with E-state index >= 15 is 0 Å². The van der Waals surface area contributed by atoms with E-state index in [1.807, 2.05) is 6.92 Å². The van der Waals surface area contributed by atoms with Gasteiger partial charge in [0.2, 0.25) is 0 Å². The van der Waals surface area contributed by atoms with E-state index in [-0.39, 0.29) is 0 Å². The first kappa shape index (κ1) is 12.2. The predicted molar refractivity (Wildman–Crippen MR) is 57.6 cm³/mol. The van der Waals surface area contributed by atoms with Gasteiger partial charge in [0.25, 0.3) is 0 Å². The number of halogens is 1. The van der Waals surface area contributed by atoms with Crippen molar-refractivity contribution >= 4 is 21.9 Å². The van der Waals surface area contributed by atoms with Crippen molar-refractivity contribution < 1.29 is 14.3 Å². The molecule has 1 heterocycles. The lowest BCUT2D eigenvalue weighted by Crippen LogP contribution is -2.07. The Morgan fingerprint density at radius 3 is 2.93 bits per heavy atom. The van der Waals surface area contributed by atoms with Crippen LogP contribution in [0.3, 0.4) is 0 Å². The first-order valence-electron chi connectivity index (χ1n) is 4.59. The molecule has 0 atom stereocenters. The van der Waals surface area contributed by atoms with E-state index in [0.717, 1.165) is 6.42 Å². The molecule has 0 spiro atoms. The van der Waals surface area contributed by atoms with Crippen LogP contribution < -0.4 is 0 Å². The third kappa shape index (κ3) is 3.04. The van der Waals surface area contributed by atoms with Crippen LogP contribution in [0.2, 0.25) is 0 Å². The molecular formula is C9H13BrN2O3. The Bertz CT molecular complexity index is 338. The van der Waals surface area contributed by atoms with Crippen LogP contribution in [0.5, 0.6) is 0 Å². The first-order chi connectivity index (χ1) is 7.20. The van der Waals surface area contributed by atoms with Crippen molar-refractivity contribution in [3.8, 4) is 0 Å². The van der Waals surface area contributed by atoms with Crippen molar-refractivity contribution in [3.05, 3.63) is 15.9 Å². The Labute approximate surface area is 96.3 Å². The van der Waals surface area contributed by atoms with Gasteiger partial charge in [-0.3, -0.25) is 5.10 Å². The summed E-state index contributed by atoms with van der Waals surface area (Å²) >= 11 is 3.27. The SMILES string of the molecule is CCCOC(=O)c1[nH]nc(COC)c1Br. The summed E-state index contributed by atoms with van der Waals surface area (Å²) in [6.45, 7) is 2.69. The number of rotatable bonds is 5. The second-order valence-electron chi connectivity index (χ2n) is 2.93. The molecule has 0 aliphatic carbocycles. The van der Waals surface area contributed by atoms with Crippen molar-refractivity contribution in [1.29, 1.82) is 0 Å². The van der Waals surface area contributed by atoms with Gasteiger partial charge in [0.15, 0.2) is 5.69 Å². The molecule has 5 nitrogen and oxygen atoms in total. The van der Waals surface area contributed by atoms with E-state index in [9.17, 15) is 4.79 Å². The van der Waals surface area contributed by atoms with Crippen molar-refractivity contribution in [2.75, 3.05) is 13.7 Å². The summed E-state index contributed by atoms with van der Waals surface area (Å²) < 4.78 is 10.5. The van der Waals surface area contributed by atoms with E-state index in [0.29, 0.717) is 29.1 Å². The molecule has 0 bridgehead atoms. The number of methoxy groups -OCH3 is 1. The highest BCUT2D eigenvalue weighted by molar-refractivity contribution is 9.10. The molecular weight excluding hydrogens is 264 g/mol. The van der Waals surface area contributed by atoms with Gasteiger partial charge in [-0.2, -0.15) is 5.10 Å². The zero-order chi connectivity index (χ0) is 11.3. The highest BCUT2D eigenvalue weighted by atomic mass is 79.9. The van der Waals surface area contributed by atoms with E-state index < -0.39 is 5.97 Å². The molecule has 0 amide bonds. The monoisotopic (exact) mass is 276 g/mol. The van der Waals surface area contributed by atoms with E-state index in [2.05, 4.69) is 26.1 Å². The summed E-state index contributed by atoms with van der Waals surface area (Å²) in [5.41, 5.74) is 0.983. The number of aromatic amines is 1. The Hall–Kier alpha value is -0.880. The smallest absolute Gasteiger partial charge is 0.357 e. The highest BCUT2D eigenvalue weighted by Crippen LogP contribution is 2.20. The molecule has 0 saturated carbocycles. The molecule has 84 valence electrons. The van der Waals surface area contributed by atoms with Gasteiger partial charge in [0, 0.05) is 7.11 Å². The number of nitrogens with zero attached hydrogens (tertiary/aromatic N) is 1. The number of carbonyl (C=O) groups excluding carboxylic acids is 1. The highest BCUT2D eigenvalue weighted by Gasteiger charge is 2.17. The number of ether oxygens (including phenoxy) is 2. The molecule has 1 N–H and O–H groups in total. The first-order valence-corrected chi connectivity index (χ1v) is 5.38. The number of hydrogen-bond acceptors (Lipinski definition) is 4. The fourth-order valence-corrected chi connectivity index (χ4v) is 1.45. The third-order valence-corrected chi connectivity index (χ3v) is 2.55. The minimum absolute atomic E-state index is 0.329. The van der Waals surface area contributed by atoms with Gasteiger partial charge in [-0.25, -0.2) is 4.79 Å². The van der Waals surface area contributed by atoms with Gasteiger partial charge in [-0.1, -0.05) is 6.92 Å². The van der Waals surface area contributed by atoms with Gasteiger partial charge in [0.1, 0.15) is 5.69 Å². The van der Waals surface area contributed by atoms with Crippen molar-refractivity contribution in [2.24, 2.45) is 0 Å². The molecule has 6 heteroatoms. The maximum atomic E-state index is 11.5. The van der Waals surface area contributed by atoms with Gasteiger partial charge in [-0.05, 0) is 22.4 Å². The summed E-state index contributed by atoms with van der Waals surface area (Å²) in [5, 5.41) is 6.55. The van der Waals surface area contributed by atoms with Gasteiger partial charge < -0.3 is 9.47 Å². The summed E-state index contributed by atoms with van der Waals surface area (Å²) in [4.78, 5) is 11.5. The van der Waals surface area contributed by atoms with Crippen LogP contribution in [0.25, 0.3) is 0 Å². The molecule has 1 aromatic heterocycles. The number of H-pyrrole nitrogens is 1. The Kier molecular flexibility index (Phi) is 4.77. The summed E-state index contributed by atoms with van der Waals surface area (Å²) in [6, 6.07) is 0. The molecule has 0 radical (unpaired) electrons. The predicted octanol–water partition coefficient (Wildman–Crippen LogP) is 1.89. The molecule has 0 aromatic carbocycles. The molecule has 1 rings (SSSR count). The van der Waals surface area contributed by atoms with Crippen LogP contribution in [0.1, 0.15) is 29.5 Å². The topological polar surface area (TPSA) is 64.2 Å². The quantitative estimate of drug-likeness (QED) is 0.835. The lowest BCUT2D eigenvalue weighted by atomic mass is 10.3. The zero-order valence-electron chi connectivity index (χ0n) is 8.67. The molecule has 0 aliphatic heterocycles. The lowest BCUT2D eigenvalue weighted by molar-refractivity contribution is 0.0497. The summed E-state index contributed by atoms with van der Waals surface area (Å²) in [5.74, 6) is -0.404. The second-order valence-corrected chi connectivity index (χ2v) is 3.72. The largest absolute Gasteiger partial charge is 0.461 e. The number of carbonyl (C=O) groups is 1. The van der Waals surface area contributed by atoms with Gasteiger partial charge >= 0.3 is 5.97 Å². The molecule has 0 aliphatic rings. The second kappa shape index (κ2) is 5.87. The maximum Gasteiger partial charge on any atom is 0.357 e. The molecule has 15 heavy (non-hydrogen) atoms. The van der Waals surface area contributed by atoms with E-state index in [1.165, 1.54) is 0 Å². The van der Waals surface area contributed by atoms with Crippen LogP contribution in [0.4, 0.5) is 0 Å². The fourth-order valence-electron chi connectivity index (χ4n) is 1.00. The Morgan fingerprint density at radius 2 is 2.33 bits per heavy atom. The molecule has 0 saturated heterocycles. The number of hydrogen-bond donors (Lipinski definition) is 1. The molecule has 0 unspecified atom stereocenters. The van der Waals surface area contributed by atoms with Crippen LogP contribution in [0, 0.1) is 0 Å². The lowest BCUT2D eigenvalue weighted by Gasteiger charge is -2.00. The summed E-state index contributed by atoms with van der Waals surface area (Å²) in [6.07, 6.45) is 0.794. The van der Waals surface area contributed by atoms with Crippen LogP contribution in [0.15, 0.2) is 4.47 Å². The van der Waals surface area contributed by atoms with Crippen LogP contribution in [-0.4, -0.2) is 29.9 Å². The normalized spacial score (nSPS) is 10.3. The van der Waals surface area contributed by atoms with Crippen LogP contribution >= 0.6 is 15.9 Å². The van der Waals surface area contributed by atoms with E-state index in [1.54, 1.807) is 7.11 Å². The zero-order valence-corrected chi connectivity index (χ0v) is 10.3. The van der Waals surface area contributed by atoms with Gasteiger partial charge in [-0.15, -0.1) is 0 Å². The average Bonchev–Trinajstić information content (AvgIpc) is 2.58. The van der Waals surface area contributed by atoms with Crippen molar-refractivity contribution in [2.45, 2.75) is 20.0 Å². The number of esters is 1. The Balaban J connectivity index is 2.72. The minimum Gasteiger partial charge on any atom is -0.461 e. The van der Waals surface area contributed by atoms with Crippen molar-refractivity contribution in [1.82, 2.24) is 10.2 Å². The Morgan fingerprint density at radius 1 is 1.60 bits per heavy atom. The van der Waals surface area contributed by atoms with E-state index in [4.69, 9.17) is 9.47 Å². The number of aromatic nitrogens is 2. The molecule has 0 fully saturated rings. The number of nitrogens with one attached hydrogen (secondary N) is 1.